The van der Waals surface area contributed by atoms with Crippen LogP contribution in [-0.2, 0) is 4.74 Å². The van der Waals surface area contributed by atoms with Crippen molar-refractivity contribution < 1.29 is 14.3 Å². The minimum Gasteiger partial charge on any atom is -0.493 e. The molecule has 0 saturated carbocycles. The third-order valence-electron chi connectivity index (χ3n) is 4.09. The molecule has 0 bridgehead atoms. The van der Waals surface area contributed by atoms with E-state index in [1.54, 1.807) is 13.2 Å². The van der Waals surface area contributed by atoms with Crippen LogP contribution in [0.4, 0.5) is 0 Å². The first-order chi connectivity index (χ1) is 11.3. The molecule has 1 unspecified atom stereocenters. The van der Waals surface area contributed by atoms with E-state index in [1.165, 1.54) is 12.8 Å². The molecule has 1 saturated heterocycles. The van der Waals surface area contributed by atoms with Gasteiger partial charge in [-0.25, -0.2) is 0 Å². The average molecular weight is 320 g/mol. The lowest BCUT2D eigenvalue weighted by Crippen LogP contribution is -2.33. The van der Waals surface area contributed by atoms with Crippen molar-refractivity contribution in [1.82, 2.24) is 10.6 Å². The van der Waals surface area contributed by atoms with E-state index in [0.29, 0.717) is 24.7 Å². The summed E-state index contributed by atoms with van der Waals surface area (Å²) in [5.74, 6) is 1.38. The van der Waals surface area contributed by atoms with Crippen LogP contribution in [0.1, 0.15) is 36.0 Å². The highest BCUT2D eigenvalue weighted by atomic mass is 16.5. The standard InChI is InChI=1S/C18H28N2O3/c1-22-11-4-12-23-17-7-2-6-16(13-17)18(21)20-10-8-15-5-3-9-19-14-15/h2,6-7,13,15,19H,3-5,8-12,14H2,1H3,(H,20,21). The Morgan fingerprint density at radius 3 is 3.09 bits per heavy atom. The number of amides is 1. The van der Waals surface area contributed by atoms with Crippen LogP contribution < -0.4 is 15.4 Å². The minimum absolute atomic E-state index is 0.0314. The molecule has 23 heavy (non-hydrogen) atoms. The van der Waals surface area contributed by atoms with Gasteiger partial charge >= 0.3 is 0 Å². The summed E-state index contributed by atoms with van der Waals surface area (Å²) < 4.78 is 10.6. The van der Waals surface area contributed by atoms with Crippen molar-refractivity contribution in [2.75, 3.05) is 40.0 Å². The van der Waals surface area contributed by atoms with Gasteiger partial charge in [0.2, 0.25) is 0 Å². The summed E-state index contributed by atoms with van der Waals surface area (Å²) in [7, 11) is 1.67. The molecule has 0 aliphatic carbocycles. The quantitative estimate of drug-likeness (QED) is 0.685. The van der Waals surface area contributed by atoms with Crippen LogP contribution in [0.5, 0.6) is 5.75 Å². The van der Waals surface area contributed by atoms with E-state index in [2.05, 4.69) is 10.6 Å². The Hall–Kier alpha value is -1.59. The first-order valence-corrected chi connectivity index (χ1v) is 8.50. The second kappa shape index (κ2) is 10.2. The van der Waals surface area contributed by atoms with E-state index in [4.69, 9.17) is 9.47 Å². The van der Waals surface area contributed by atoms with Crippen LogP contribution in [0.15, 0.2) is 24.3 Å². The SMILES string of the molecule is COCCCOc1cccc(C(=O)NCCC2CCCNC2)c1. The van der Waals surface area contributed by atoms with Gasteiger partial charge in [0.05, 0.1) is 6.61 Å². The number of hydrogen-bond donors (Lipinski definition) is 2. The molecule has 1 heterocycles. The molecule has 5 heteroatoms. The Kier molecular flexibility index (Phi) is 7.90. The number of ether oxygens (including phenoxy) is 2. The third kappa shape index (κ3) is 6.59. The summed E-state index contributed by atoms with van der Waals surface area (Å²) in [4.78, 5) is 12.2. The van der Waals surface area contributed by atoms with Crippen molar-refractivity contribution in [3.05, 3.63) is 29.8 Å². The molecule has 1 aliphatic rings. The molecule has 0 spiro atoms. The van der Waals surface area contributed by atoms with Crippen LogP contribution in [0.2, 0.25) is 0 Å². The smallest absolute Gasteiger partial charge is 0.251 e. The number of hydrogen-bond acceptors (Lipinski definition) is 4. The largest absolute Gasteiger partial charge is 0.493 e. The van der Waals surface area contributed by atoms with Gasteiger partial charge in [0.25, 0.3) is 5.91 Å². The fraction of sp³-hybridized carbons (Fsp3) is 0.611. The maximum Gasteiger partial charge on any atom is 0.251 e. The molecule has 2 rings (SSSR count). The predicted molar refractivity (Wildman–Crippen MR) is 91.0 cm³/mol. The predicted octanol–water partition coefficient (Wildman–Crippen LogP) is 2.22. The van der Waals surface area contributed by atoms with Crippen molar-refractivity contribution in [3.8, 4) is 5.75 Å². The molecule has 1 fully saturated rings. The maximum atomic E-state index is 12.2. The maximum absolute atomic E-state index is 12.2. The molecule has 1 aromatic rings. The van der Waals surface area contributed by atoms with E-state index < -0.39 is 0 Å². The first kappa shape index (κ1) is 17.8. The van der Waals surface area contributed by atoms with E-state index >= 15 is 0 Å². The van der Waals surface area contributed by atoms with Crippen LogP contribution in [0.25, 0.3) is 0 Å². The molecule has 0 radical (unpaired) electrons. The summed E-state index contributed by atoms with van der Waals surface area (Å²) in [5, 5.41) is 6.41. The lowest BCUT2D eigenvalue weighted by atomic mass is 9.96. The summed E-state index contributed by atoms with van der Waals surface area (Å²) in [5.41, 5.74) is 0.649. The van der Waals surface area contributed by atoms with Crippen LogP contribution in [0, 0.1) is 5.92 Å². The Morgan fingerprint density at radius 1 is 1.39 bits per heavy atom. The fourth-order valence-electron chi connectivity index (χ4n) is 2.78. The number of rotatable bonds is 9. The molecule has 1 aliphatic heterocycles. The van der Waals surface area contributed by atoms with Gasteiger partial charge in [-0.1, -0.05) is 6.07 Å². The monoisotopic (exact) mass is 320 g/mol. The van der Waals surface area contributed by atoms with Gasteiger partial charge in [-0.15, -0.1) is 0 Å². The topological polar surface area (TPSA) is 59.6 Å². The van der Waals surface area contributed by atoms with E-state index in [9.17, 15) is 4.79 Å². The van der Waals surface area contributed by atoms with Gasteiger partial charge < -0.3 is 20.1 Å². The minimum atomic E-state index is -0.0314. The highest BCUT2D eigenvalue weighted by Gasteiger charge is 2.13. The highest BCUT2D eigenvalue weighted by Crippen LogP contribution is 2.15. The summed E-state index contributed by atoms with van der Waals surface area (Å²) in [6.07, 6.45) is 4.36. The number of carbonyl (C=O) groups excluding carboxylic acids is 1. The van der Waals surface area contributed by atoms with E-state index in [1.807, 2.05) is 18.2 Å². The van der Waals surface area contributed by atoms with Crippen LogP contribution >= 0.6 is 0 Å². The van der Waals surface area contributed by atoms with E-state index in [-0.39, 0.29) is 5.91 Å². The van der Waals surface area contributed by atoms with Gasteiger partial charge in [0.1, 0.15) is 5.75 Å². The molecular weight excluding hydrogens is 292 g/mol. The fourth-order valence-corrected chi connectivity index (χ4v) is 2.78. The molecule has 0 aromatic heterocycles. The van der Waals surface area contributed by atoms with Crippen molar-refractivity contribution in [3.63, 3.8) is 0 Å². The number of carbonyl (C=O) groups is 1. The van der Waals surface area contributed by atoms with Gasteiger partial charge in [-0.2, -0.15) is 0 Å². The molecule has 1 aromatic carbocycles. The lowest BCUT2D eigenvalue weighted by molar-refractivity contribution is 0.0950. The zero-order valence-corrected chi connectivity index (χ0v) is 14.0. The summed E-state index contributed by atoms with van der Waals surface area (Å²) in [6, 6.07) is 7.34. The Labute approximate surface area is 138 Å². The third-order valence-corrected chi connectivity index (χ3v) is 4.09. The average Bonchev–Trinajstić information content (AvgIpc) is 2.60. The number of piperidine rings is 1. The normalized spacial score (nSPS) is 17.7. The molecule has 1 amide bonds. The van der Waals surface area contributed by atoms with Crippen LogP contribution in [0.3, 0.4) is 0 Å². The zero-order chi connectivity index (χ0) is 16.3. The number of methoxy groups -OCH3 is 1. The number of nitrogens with one attached hydrogen (secondary N) is 2. The summed E-state index contributed by atoms with van der Waals surface area (Å²) in [6.45, 7) is 4.19. The van der Waals surface area contributed by atoms with Crippen molar-refractivity contribution in [2.24, 2.45) is 5.92 Å². The van der Waals surface area contributed by atoms with Gasteiger partial charge in [0, 0.05) is 32.2 Å². The molecule has 128 valence electrons. The van der Waals surface area contributed by atoms with Crippen molar-refractivity contribution in [1.29, 1.82) is 0 Å². The second-order valence-corrected chi connectivity index (χ2v) is 5.98. The Morgan fingerprint density at radius 2 is 2.30 bits per heavy atom. The van der Waals surface area contributed by atoms with Gasteiger partial charge in [0.15, 0.2) is 0 Å². The molecule has 1 atom stereocenters. The molecular formula is C18H28N2O3. The van der Waals surface area contributed by atoms with Crippen LogP contribution in [-0.4, -0.2) is 45.9 Å². The summed E-state index contributed by atoms with van der Waals surface area (Å²) >= 11 is 0. The zero-order valence-electron chi connectivity index (χ0n) is 14.0. The Balaban J connectivity index is 1.72. The van der Waals surface area contributed by atoms with Gasteiger partial charge in [-0.3, -0.25) is 4.79 Å². The second-order valence-electron chi connectivity index (χ2n) is 5.98. The van der Waals surface area contributed by atoms with Crippen molar-refractivity contribution in [2.45, 2.75) is 25.7 Å². The molecule has 5 nitrogen and oxygen atoms in total. The molecule has 2 N–H and O–H groups in total. The van der Waals surface area contributed by atoms with E-state index in [0.717, 1.165) is 38.2 Å². The van der Waals surface area contributed by atoms with Gasteiger partial charge in [-0.05, 0) is 56.5 Å². The van der Waals surface area contributed by atoms with Crippen molar-refractivity contribution >= 4 is 5.91 Å². The number of benzene rings is 1. The highest BCUT2D eigenvalue weighted by molar-refractivity contribution is 5.94. The Bertz CT molecular complexity index is 473. The first-order valence-electron chi connectivity index (χ1n) is 8.50. The lowest BCUT2D eigenvalue weighted by Gasteiger charge is -2.22.